The number of benzene rings is 3. The van der Waals surface area contributed by atoms with E-state index in [1.54, 1.807) is 24.8 Å². The van der Waals surface area contributed by atoms with Crippen molar-refractivity contribution >= 4 is 43.6 Å². The molecule has 52 heavy (non-hydrogen) atoms. The summed E-state index contributed by atoms with van der Waals surface area (Å²) in [4.78, 5) is 42.5. The van der Waals surface area contributed by atoms with Crippen molar-refractivity contribution in [3.05, 3.63) is 153 Å². The van der Waals surface area contributed by atoms with Gasteiger partial charge in [0.25, 0.3) is 0 Å². The number of aromatic nitrogens is 9. The van der Waals surface area contributed by atoms with E-state index in [9.17, 15) is 0 Å². The quantitative estimate of drug-likeness (QED) is 0.166. The predicted octanol–water partition coefficient (Wildman–Crippen LogP) is 9.19. The number of fused-ring (bicyclic) bond motifs is 6. The molecule has 0 saturated heterocycles. The van der Waals surface area contributed by atoms with Crippen LogP contribution >= 0.6 is 0 Å². The van der Waals surface area contributed by atoms with Gasteiger partial charge in [-0.1, -0.05) is 24.3 Å². The van der Waals surface area contributed by atoms with E-state index in [1.165, 1.54) is 0 Å². The van der Waals surface area contributed by atoms with Crippen molar-refractivity contribution in [2.45, 2.75) is 0 Å². The lowest BCUT2D eigenvalue weighted by Crippen LogP contribution is -2.01. The molecule has 7 heterocycles. The van der Waals surface area contributed by atoms with Gasteiger partial charge in [-0.15, -0.1) is 0 Å². The fraction of sp³-hybridized carbons (Fsp3) is 0. The Kier molecular flexibility index (Phi) is 6.92. The van der Waals surface area contributed by atoms with Crippen LogP contribution in [0.15, 0.2) is 153 Å². The first-order valence-electron chi connectivity index (χ1n) is 16.7. The molecule has 7 aromatic heterocycles. The van der Waals surface area contributed by atoms with Gasteiger partial charge in [-0.25, -0.2) is 15.0 Å². The summed E-state index contributed by atoms with van der Waals surface area (Å²) in [6.07, 6.45) is 14.2. The minimum absolute atomic E-state index is 0.534. The zero-order valence-electron chi connectivity index (χ0n) is 27.5. The Morgan fingerprint density at radius 2 is 0.692 bits per heavy atom. The van der Waals surface area contributed by atoms with E-state index in [2.05, 4.69) is 64.6 Å². The second-order valence-corrected chi connectivity index (χ2v) is 12.4. The first kappa shape index (κ1) is 29.5. The molecule has 9 nitrogen and oxygen atoms in total. The van der Waals surface area contributed by atoms with Crippen molar-refractivity contribution in [3.63, 3.8) is 0 Å². The van der Waals surface area contributed by atoms with Gasteiger partial charge >= 0.3 is 0 Å². The molecular formula is C43H25N9. The van der Waals surface area contributed by atoms with Crippen molar-refractivity contribution in [1.82, 2.24) is 44.9 Å². The smallest absolute Gasteiger partial charge is 0.164 e. The third kappa shape index (κ3) is 5.07. The fourth-order valence-electron chi connectivity index (χ4n) is 6.86. The molecule has 0 aliphatic carbocycles. The van der Waals surface area contributed by atoms with Crippen LogP contribution in [-0.4, -0.2) is 44.9 Å². The Bertz CT molecular complexity index is 2770. The highest BCUT2D eigenvalue weighted by atomic mass is 15.0. The first-order chi connectivity index (χ1) is 25.8. The third-order valence-corrected chi connectivity index (χ3v) is 9.25. The van der Waals surface area contributed by atoms with E-state index in [4.69, 9.17) is 34.9 Å². The van der Waals surface area contributed by atoms with E-state index >= 15 is 0 Å². The van der Waals surface area contributed by atoms with Gasteiger partial charge in [-0.3, -0.25) is 29.9 Å². The fourth-order valence-corrected chi connectivity index (χ4v) is 6.86. The maximum atomic E-state index is 5.08. The number of hydrogen-bond acceptors (Lipinski definition) is 9. The van der Waals surface area contributed by atoms with Crippen molar-refractivity contribution < 1.29 is 0 Å². The maximum absolute atomic E-state index is 5.08. The van der Waals surface area contributed by atoms with Gasteiger partial charge in [-0.2, -0.15) is 0 Å². The molecule has 0 bridgehead atoms. The molecule has 0 unspecified atom stereocenters. The van der Waals surface area contributed by atoms with E-state index in [0.29, 0.717) is 17.5 Å². The summed E-state index contributed by atoms with van der Waals surface area (Å²) in [6, 6.07) is 34.7. The Morgan fingerprint density at radius 1 is 0.308 bits per heavy atom. The van der Waals surface area contributed by atoms with Crippen LogP contribution in [0.4, 0.5) is 0 Å². The largest absolute Gasteiger partial charge is 0.265 e. The van der Waals surface area contributed by atoms with Gasteiger partial charge in [0.1, 0.15) is 0 Å². The normalized spacial score (nSPS) is 11.5. The number of hydrogen-bond donors (Lipinski definition) is 0. The molecule has 242 valence electrons. The van der Waals surface area contributed by atoms with Crippen LogP contribution in [0.25, 0.3) is 100 Å². The average molecular weight is 668 g/mol. The Labute approximate surface area is 296 Å². The summed E-state index contributed by atoms with van der Waals surface area (Å²) in [5, 5.41) is 4.00. The van der Waals surface area contributed by atoms with E-state index in [-0.39, 0.29) is 0 Å². The lowest BCUT2D eigenvalue weighted by molar-refractivity contribution is 1.07. The van der Waals surface area contributed by atoms with Crippen LogP contribution in [0, 0.1) is 0 Å². The van der Waals surface area contributed by atoms with Crippen LogP contribution in [0.1, 0.15) is 0 Å². The van der Waals surface area contributed by atoms with E-state index < -0.39 is 0 Å². The van der Waals surface area contributed by atoms with Gasteiger partial charge in [0, 0.05) is 87.8 Å². The summed E-state index contributed by atoms with van der Waals surface area (Å²) in [6.45, 7) is 0. The SMILES string of the molecule is c1cnc2c(c1)cc(-c1cc(-c3nc(-c4ccncc4)nc(-c4ccncc4)n3)cc(-c3cc4cccnc4c4ncccc34)c1)c1cccnc12. The van der Waals surface area contributed by atoms with Crippen LogP contribution in [0.3, 0.4) is 0 Å². The average Bonchev–Trinajstić information content (AvgIpc) is 3.23. The third-order valence-electron chi connectivity index (χ3n) is 9.25. The Balaban J connectivity index is 1.30. The lowest BCUT2D eigenvalue weighted by Gasteiger charge is -2.16. The molecular weight excluding hydrogens is 643 g/mol. The highest BCUT2D eigenvalue weighted by Gasteiger charge is 2.19. The molecule has 0 atom stereocenters. The summed E-state index contributed by atoms with van der Waals surface area (Å²) < 4.78 is 0. The molecule has 0 amide bonds. The van der Waals surface area contributed by atoms with Crippen molar-refractivity contribution in [2.24, 2.45) is 0 Å². The number of rotatable bonds is 5. The van der Waals surface area contributed by atoms with Crippen LogP contribution in [-0.2, 0) is 0 Å². The molecule has 0 aliphatic rings. The highest BCUT2D eigenvalue weighted by molar-refractivity contribution is 6.12. The molecule has 0 saturated carbocycles. The maximum Gasteiger partial charge on any atom is 0.164 e. The molecule has 0 spiro atoms. The molecule has 0 aliphatic heterocycles. The van der Waals surface area contributed by atoms with E-state index in [1.807, 2.05) is 73.3 Å². The molecule has 0 radical (unpaired) electrons. The van der Waals surface area contributed by atoms with Gasteiger partial charge in [-0.05, 0) is 101 Å². The minimum Gasteiger partial charge on any atom is -0.265 e. The standard InChI is InChI=1S/C43H25N9/c1-5-28-24-35(33-7-3-15-48-39(33)37(28)46-13-1)30-21-31(36-25-29-6-2-14-47-38(29)40-34(36)8-4-16-49-40)23-32(22-30)43-51-41(26-9-17-44-18-10-26)50-42(52-43)27-11-19-45-20-12-27/h1-25H. The molecule has 3 aromatic carbocycles. The molecule has 9 heteroatoms. The molecule has 0 fully saturated rings. The monoisotopic (exact) mass is 667 g/mol. The first-order valence-corrected chi connectivity index (χ1v) is 16.7. The van der Waals surface area contributed by atoms with Crippen molar-refractivity contribution in [1.29, 1.82) is 0 Å². The highest BCUT2D eigenvalue weighted by Crippen LogP contribution is 2.40. The summed E-state index contributed by atoms with van der Waals surface area (Å²) in [5.41, 5.74) is 9.91. The van der Waals surface area contributed by atoms with Gasteiger partial charge in [0.15, 0.2) is 17.5 Å². The van der Waals surface area contributed by atoms with Crippen LogP contribution in [0.2, 0.25) is 0 Å². The lowest BCUT2D eigenvalue weighted by atomic mass is 9.91. The van der Waals surface area contributed by atoms with Crippen molar-refractivity contribution in [2.75, 3.05) is 0 Å². The zero-order valence-corrected chi connectivity index (χ0v) is 27.5. The van der Waals surface area contributed by atoms with Gasteiger partial charge in [0.2, 0.25) is 0 Å². The van der Waals surface area contributed by atoms with Gasteiger partial charge < -0.3 is 0 Å². The second-order valence-electron chi connectivity index (χ2n) is 12.4. The second kappa shape index (κ2) is 12.2. The molecule has 10 aromatic rings. The van der Waals surface area contributed by atoms with Crippen LogP contribution < -0.4 is 0 Å². The summed E-state index contributed by atoms with van der Waals surface area (Å²) >= 11 is 0. The summed E-state index contributed by atoms with van der Waals surface area (Å²) in [7, 11) is 0. The van der Waals surface area contributed by atoms with Crippen LogP contribution in [0.5, 0.6) is 0 Å². The zero-order chi connectivity index (χ0) is 34.4. The van der Waals surface area contributed by atoms with Crippen molar-refractivity contribution in [3.8, 4) is 56.4 Å². The summed E-state index contributed by atoms with van der Waals surface area (Å²) in [5.74, 6) is 1.62. The van der Waals surface area contributed by atoms with Gasteiger partial charge in [0.05, 0.1) is 22.1 Å². The predicted molar refractivity (Wildman–Crippen MR) is 204 cm³/mol. The number of pyridine rings is 6. The molecule has 10 rings (SSSR count). The minimum atomic E-state index is 0.534. The number of nitrogens with zero attached hydrogens (tertiary/aromatic N) is 9. The van der Waals surface area contributed by atoms with E-state index in [0.717, 1.165) is 82.6 Å². The topological polar surface area (TPSA) is 116 Å². The Morgan fingerprint density at radius 3 is 1.15 bits per heavy atom. The molecule has 0 N–H and O–H groups in total. The Hall–Kier alpha value is -7.39.